The molecule has 1 aliphatic carbocycles. The second kappa shape index (κ2) is 7.59. The van der Waals surface area contributed by atoms with Gasteiger partial charge in [0.2, 0.25) is 0 Å². The highest BCUT2D eigenvalue weighted by Crippen LogP contribution is 2.37. The maximum absolute atomic E-state index is 13.5. The zero-order valence-electron chi connectivity index (χ0n) is 15.1. The first-order valence-electron chi connectivity index (χ1n) is 9.11. The van der Waals surface area contributed by atoms with Crippen molar-refractivity contribution in [3.05, 3.63) is 63.2 Å². The third-order valence-electron chi connectivity index (χ3n) is 5.17. The van der Waals surface area contributed by atoms with E-state index in [-0.39, 0.29) is 11.6 Å². The normalized spacial score (nSPS) is 15.5. The van der Waals surface area contributed by atoms with Crippen molar-refractivity contribution in [2.45, 2.75) is 51.7 Å². The standard InChI is InChI=1S/C21H21F3N2O/c1-14-7-6-10-16(11-14)18-12-17(21(22,23)24)19(25-2)20(27)26(18)13-15-8-4-3-5-9-15/h6-7,10-12,15H,3-5,8-9,13H2,1H3. The van der Waals surface area contributed by atoms with E-state index in [1.807, 2.05) is 13.0 Å². The monoisotopic (exact) mass is 374 g/mol. The van der Waals surface area contributed by atoms with Crippen molar-refractivity contribution in [2.24, 2.45) is 5.92 Å². The van der Waals surface area contributed by atoms with Gasteiger partial charge in [-0.2, -0.15) is 13.2 Å². The van der Waals surface area contributed by atoms with Gasteiger partial charge in [-0.1, -0.05) is 43.0 Å². The lowest BCUT2D eigenvalue weighted by molar-refractivity contribution is -0.136. The minimum atomic E-state index is -4.75. The van der Waals surface area contributed by atoms with Crippen LogP contribution in [0.5, 0.6) is 0 Å². The van der Waals surface area contributed by atoms with Gasteiger partial charge in [0.25, 0.3) is 11.2 Å². The van der Waals surface area contributed by atoms with E-state index in [1.165, 1.54) is 4.57 Å². The number of benzene rings is 1. The summed E-state index contributed by atoms with van der Waals surface area (Å²) in [5, 5.41) is 0. The highest BCUT2D eigenvalue weighted by atomic mass is 19.4. The van der Waals surface area contributed by atoms with Crippen molar-refractivity contribution in [3.63, 3.8) is 0 Å². The zero-order chi connectivity index (χ0) is 19.6. The molecule has 0 N–H and O–H groups in total. The van der Waals surface area contributed by atoms with Crippen molar-refractivity contribution < 1.29 is 13.2 Å². The third kappa shape index (κ3) is 4.08. The predicted molar refractivity (Wildman–Crippen MR) is 98.7 cm³/mol. The number of hydrogen-bond donors (Lipinski definition) is 0. The van der Waals surface area contributed by atoms with Gasteiger partial charge in [0, 0.05) is 12.2 Å². The molecule has 1 aliphatic rings. The fraction of sp³-hybridized carbons (Fsp3) is 0.429. The van der Waals surface area contributed by atoms with Gasteiger partial charge in [-0.25, -0.2) is 4.85 Å². The molecule has 0 spiro atoms. The van der Waals surface area contributed by atoms with Crippen LogP contribution in [-0.4, -0.2) is 4.57 Å². The van der Waals surface area contributed by atoms with Gasteiger partial charge in [-0.05, 0) is 43.4 Å². The second-order valence-corrected chi connectivity index (χ2v) is 7.19. The topological polar surface area (TPSA) is 26.4 Å². The van der Waals surface area contributed by atoms with Gasteiger partial charge < -0.3 is 4.57 Å². The molecule has 0 radical (unpaired) electrons. The Kier molecular flexibility index (Phi) is 5.41. The molecule has 0 bridgehead atoms. The molecule has 1 fully saturated rings. The Labute approximate surface area is 156 Å². The number of nitrogens with zero attached hydrogens (tertiary/aromatic N) is 2. The molecule has 1 saturated carbocycles. The molecule has 0 saturated heterocycles. The zero-order valence-corrected chi connectivity index (χ0v) is 15.1. The molecule has 1 heterocycles. The van der Waals surface area contributed by atoms with E-state index in [0.717, 1.165) is 43.7 Å². The van der Waals surface area contributed by atoms with Crippen molar-refractivity contribution in [1.29, 1.82) is 0 Å². The molecule has 2 aromatic rings. The molecule has 1 aromatic heterocycles. The molecule has 6 heteroatoms. The first kappa shape index (κ1) is 19.2. The summed E-state index contributed by atoms with van der Waals surface area (Å²) in [4.78, 5) is 15.8. The molecule has 1 aromatic carbocycles. The Morgan fingerprint density at radius 1 is 1.19 bits per heavy atom. The molecule has 0 aliphatic heterocycles. The molecule has 3 nitrogen and oxygen atoms in total. The summed E-state index contributed by atoms with van der Waals surface area (Å²) in [7, 11) is 0. The summed E-state index contributed by atoms with van der Waals surface area (Å²) < 4.78 is 41.8. The largest absolute Gasteiger partial charge is 0.407 e. The van der Waals surface area contributed by atoms with Gasteiger partial charge in [0.05, 0.1) is 12.1 Å². The molecular formula is C21H21F3N2O. The minimum Gasteiger partial charge on any atom is -0.317 e. The molecular weight excluding hydrogens is 353 g/mol. The lowest BCUT2D eigenvalue weighted by Crippen LogP contribution is -2.28. The van der Waals surface area contributed by atoms with E-state index < -0.39 is 23.0 Å². The van der Waals surface area contributed by atoms with Crippen LogP contribution in [-0.2, 0) is 12.7 Å². The summed E-state index contributed by atoms with van der Waals surface area (Å²) in [6, 6.07) is 8.05. The van der Waals surface area contributed by atoms with Crippen molar-refractivity contribution in [2.75, 3.05) is 0 Å². The lowest BCUT2D eigenvalue weighted by Gasteiger charge is -2.25. The number of aromatic nitrogens is 1. The quantitative estimate of drug-likeness (QED) is 0.608. The van der Waals surface area contributed by atoms with Crippen LogP contribution < -0.4 is 5.56 Å². The maximum Gasteiger partial charge on any atom is 0.407 e. The van der Waals surface area contributed by atoms with E-state index in [1.54, 1.807) is 18.2 Å². The predicted octanol–water partition coefficient (Wildman–Crippen LogP) is 5.97. The van der Waals surface area contributed by atoms with E-state index in [4.69, 9.17) is 6.57 Å². The Morgan fingerprint density at radius 3 is 2.48 bits per heavy atom. The van der Waals surface area contributed by atoms with Crippen molar-refractivity contribution in [3.8, 4) is 11.3 Å². The summed E-state index contributed by atoms with van der Waals surface area (Å²) in [5.41, 5.74) is -1.15. The average Bonchev–Trinajstić information content (AvgIpc) is 2.63. The van der Waals surface area contributed by atoms with E-state index in [9.17, 15) is 18.0 Å². The van der Waals surface area contributed by atoms with Crippen LogP contribution >= 0.6 is 0 Å². The summed E-state index contributed by atoms with van der Waals surface area (Å²) in [6.07, 6.45) is 0.436. The SMILES string of the molecule is [C-]#[N+]c1c(C(F)(F)F)cc(-c2cccc(C)c2)n(CC2CCCCC2)c1=O. The van der Waals surface area contributed by atoms with Crippen LogP contribution in [0.15, 0.2) is 35.1 Å². The number of pyridine rings is 1. The Bertz CT molecular complexity index is 932. The number of alkyl halides is 3. The van der Waals surface area contributed by atoms with Crippen LogP contribution in [0.1, 0.15) is 43.2 Å². The van der Waals surface area contributed by atoms with Crippen LogP contribution in [0.25, 0.3) is 16.1 Å². The second-order valence-electron chi connectivity index (χ2n) is 7.19. The Hall–Kier alpha value is -2.55. The average molecular weight is 374 g/mol. The van der Waals surface area contributed by atoms with Crippen LogP contribution in [0.3, 0.4) is 0 Å². The van der Waals surface area contributed by atoms with E-state index >= 15 is 0 Å². The fourth-order valence-corrected chi connectivity index (χ4v) is 3.81. The van der Waals surface area contributed by atoms with Gasteiger partial charge in [-0.3, -0.25) is 4.79 Å². The van der Waals surface area contributed by atoms with Crippen molar-refractivity contribution >= 4 is 5.69 Å². The van der Waals surface area contributed by atoms with Crippen LogP contribution in [0.4, 0.5) is 18.9 Å². The minimum absolute atomic E-state index is 0.231. The molecule has 3 rings (SSSR count). The lowest BCUT2D eigenvalue weighted by atomic mass is 9.89. The van der Waals surface area contributed by atoms with Crippen LogP contribution in [0, 0.1) is 19.4 Å². The van der Waals surface area contributed by atoms with Gasteiger partial charge in [0.1, 0.15) is 0 Å². The van der Waals surface area contributed by atoms with Crippen LogP contribution in [0.2, 0.25) is 0 Å². The fourth-order valence-electron chi connectivity index (χ4n) is 3.81. The Morgan fingerprint density at radius 2 is 1.89 bits per heavy atom. The first-order chi connectivity index (χ1) is 12.8. The molecule has 27 heavy (non-hydrogen) atoms. The van der Waals surface area contributed by atoms with Crippen molar-refractivity contribution in [1.82, 2.24) is 4.57 Å². The number of halogens is 3. The van der Waals surface area contributed by atoms with Gasteiger partial charge in [0.15, 0.2) is 0 Å². The highest BCUT2D eigenvalue weighted by Gasteiger charge is 2.36. The number of rotatable bonds is 3. The highest BCUT2D eigenvalue weighted by molar-refractivity contribution is 5.66. The number of aryl methyl sites for hydroxylation is 1. The summed E-state index contributed by atoms with van der Waals surface area (Å²) in [5.74, 6) is 0.246. The number of hydrogen-bond acceptors (Lipinski definition) is 1. The molecule has 142 valence electrons. The third-order valence-corrected chi connectivity index (χ3v) is 5.17. The Balaban J connectivity index is 2.22. The van der Waals surface area contributed by atoms with E-state index in [2.05, 4.69) is 4.85 Å². The van der Waals surface area contributed by atoms with Gasteiger partial charge >= 0.3 is 6.18 Å². The van der Waals surface area contributed by atoms with E-state index in [0.29, 0.717) is 12.1 Å². The molecule has 0 unspecified atom stereocenters. The smallest absolute Gasteiger partial charge is 0.317 e. The van der Waals surface area contributed by atoms with Gasteiger partial charge in [-0.15, -0.1) is 0 Å². The molecule has 0 atom stereocenters. The first-order valence-corrected chi connectivity index (χ1v) is 9.11. The summed E-state index contributed by atoms with van der Waals surface area (Å²) >= 11 is 0. The molecule has 0 amide bonds. The summed E-state index contributed by atoms with van der Waals surface area (Å²) in [6.45, 7) is 9.34. The maximum atomic E-state index is 13.5.